The fourth-order valence-corrected chi connectivity index (χ4v) is 6.05. The second kappa shape index (κ2) is 6.09. The number of rotatable bonds is 2. The Kier molecular flexibility index (Phi) is 4.33. The molecule has 0 aromatic heterocycles. The van der Waals surface area contributed by atoms with Crippen LogP contribution in [0.4, 0.5) is 0 Å². The van der Waals surface area contributed by atoms with Crippen molar-refractivity contribution in [3.8, 4) is 11.5 Å². The number of phenolic OH excluding ortho intramolecular Hbond substituents is 1. The van der Waals surface area contributed by atoms with Crippen LogP contribution < -0.4 is 4.74 Å². The van der Waals surface area contributed by atoms with Crippen LogP contribution in [0.25, 0.3) is 0 Å². The minimum Gasteiger partial charge on any atom is -0.504 e. The zero-order valence-corrected chi connectivity index (χ0v) is 14.6. The lowest BCUT2D eigenvalue weighted by atomic mass is 9.97. The van der Waals surface area contributed by atoms with Crippen molar-refractivity contribution < 1.29 is 9.84 Å². The van der Waals surface area contributed by atoms with E-state index in [1.165, 1.54) is 11.1 Å². The summed E-state index contributed by atoms with van der Waals surface area (Å²) in [6, 6.07) is 14.4. The van der Waals surface area contributed by atoms with Crippen molar-refractivity contribution in [3.63, 3.8) is 0 Å². The smallest absolute Gasteiger partial charge is 0.160 e. The van der Waals surface area contributed by atoms with Gasteiger partial charge in [-0.3, -0.25) is 0 Å². The number of hydrogen-bond acceptors (Lipinski definition) is 4. The van der Waals surface area contributed by atoms with E-state index in [0.717, 1.165) is 11.3 Å². The summed E-state index contributed by atoms with van der Waals surface area (Å²) < 4.78 is 5.47. The first kappa shape index (κ1) is 15.6. The lowest BCUT2D eigenvalue weighted by molar-refractivity contribution is 0.373. The average molecular weight is 332 g/mol. The molecule has 0 aliphatic carbocycles. The lowest BCUT2D eigenvalue weighted by Gasteiger charge is -2.28. The van der Waals surface area contributed by atoms with Crippen LogP contribution in [0.5, 0.6) is 11.5 Å². The van der Waals surface area contributed by atoms with Crippen molar-refractivity contribution in [1.29, 1.82) is 0 Å². The maximum absolute atomic E-state index is 10.1. The van der Waals surface area contributed by atoms with Gasteiger partial charge >= 0.3 is 0 Å². The molecule has 22 heavy (non-hydrogen) atoms. The Morgan fingerprint density at radius 1 is 1.18 bits per heavy atom. The third kappa shape index (κ3) is 2.95. The van der Waals surface area contributed by atoms with Crippen molar-refractivity contribution in [2.24, 2.45) is 0 Å². The van der Waals surface area contributed by atoms with Gasteiger partial charge in [0.25, 0.3) is 0 Å². The molecular weight excluding hydrogens is 312 g/mol. The molecule has 2 aromatic rings. The summed E-state index contributed by atoms with van der Waals surface area (Å²) in [6.07, 6.45) is 0. The average Bonchev–Trinajstić information content (AvgIpc) is 2.64. The Morgan fingerprint density at radius 3 is 2.68 bits per heavy atom. The van der Waals surface area contributed by atoms with Crippen LogP contribution >= 0.6 is 23.5 Å². The van der Waals surface area contributed by atoms with Gasteiger partial charge in [0.2, 0.25) is 0 Å². The summed E-state index contributed by atoms with van der Waals surface area (Å²) in [5.74, 6) is 1.72. The summed E-state index contributed by atoms with van der Waals surface area (Å²) in [4.78, 5) is 0. The summed E-state index contributed by atoms with van der Waals surface area (Å²) in [5.41, 5.74) is 3.95. The maximum atomic E-state index is 10.1. The number of aromatic hydroxyl groups is 1. The molecule has 1 aliphatic heterocycles. The second-order valence-electron chi connectivity index (χ2n) is 5.86. The van der Waals surface area contributed by atoms with Gasteiger partial charge in [-0.25, -0.2) is 0 Å². The highest BCUT2D eigenvalue weighted by Gasteiger charge is 2.32. The fraction of sp³-hybridized carbons (Fsp3) is 0.333. The number of benzene rings is 2. The monoisotopic (exact) mass is 332 g/mol. The fourth-order valence-electron chi connectivity index (χ4n) is 2.78. The number of thioether (sulfide) groups is 2. The lowest BCUT2D eigenvalue weighted by Crippen LogP contribution is -2.13. The van der Waals surface area contributed by atoms with Crippen LogP contribution in [-0.4, -0.2) is 12.2 Å². The maximum Gasteiger partial charge on any atom is 0.160 e. The van der Waals surface area contributed by atoms with Crippen molar-refractivity contribution in [2.75, 3.05) is 7.11 Å². The molecule has 1 heterocycles. The van der Waals surface area contributed by atoms with Gasteiger partial charge in [0.1, 0.15) is 0 Å². The number of phenols is 1. The van der Waals surface area contributed by atoms with Gasteiger partial charge in [-0.1, -0.05) is 30.3 Å². The molecule has 2 aromatic carbocycles. The van der Waals surface area contributed by atoms with Gasteiger partial charge in [0.15, 0.2) is 11.5 Å². The number of ether oxygens (including phenoxy) is 1. The molecule has 0 fully saturated rings. The third-order valence-corrected chi connectivity index (χ3v) is 6.98. The van der Waals surface area contributed by atoms with Crippen LogP contribution in [0.2, 0.25) is 0 Å². The van der Waals surface area contributed by atoms with Crippen molar-refractivity contribution in [3.05, 3.63) is 59.2 Å². The highest BCUT2D eigenvalue weighted by molar-refractivity contribution is 8.16. The van der Waals surface area contributed by atoms with Crippen LogP contribution in [0.3, 0.4) is 0 Å². The predicted octanol–water partition coefficient (Wildman–Crippen LogP) is 5.31. The van der Waals surface area contributed by atoms with Crippen molar-refractivity contribution in [1.82, 2.24) is 0 Å². The van der Waals surface area contributed by atoms with E-state index >= 15 is 0 Å². The molecule has 1 unspecified atom stereocenters. The number of hydrogen-bond donors (Lipinski definition) is 1. The first-order chi connectivity index (χ1) is 10.5. The number of methoxy groups -OCH3 is 1. The van der Waals surface area contributed by atoms with E-state index in [-0.39, 0.29) is 10.5 Å². The van der Waals surface area contributed by atoms with Crippen LogP contribution in [-0.2, 0) is 10.5 Å². The van der Waals surface area contributed by atoms with E-state index in [1.807, 2.05) is 35.7 Å². The highest BCUT2D eigenvalue weighted by Crippen LogP contribution is 2.55. The minimum absolute atomic E-state index is 0.0420. The molecule has 1 atom stereocenters. The van der Waals surface area contributed by atoms with Gasteiger partial charge in [-0.15, -0.1) is 23.5 Å². The standard InChI is InChI=1S/C18H20O2S2/c1-18(2)14-7-5-4-6-13(14)11-21-17(22-18)12-8-9-16(20-3)15(19)10-12/h4-10,17,19H,11H2,1-3H3. The SMILES string of the molecule is COc1ccc(C2SCc3ccccc3C(C)(C)S2)cc1O. The predicted molar refractivity (Wildman–Crippen MR) is 95.8 cm³/mol. The van der Waals surface area contributed by atoms with Gasteiger partial charge in [0, 0.05) is 10.5 Å². The Bertz CT molecular complexity index is 683. The summed E-state index contributed by atoms with van der Waals surface area (Å²) in [5, 5.41) is 10.1. The molecular formula is C18H20O2S2. The molecule has 0 amide bonds. The first-order valence-electron chi connectivity index (χ1n) is 7.26. The molecule has 3 rings (SSSR count). The summed E-state index contributed by atoms with van der Waals surface area (Å²) >= 11 is 3.85. The van der Waals surface area contributed by atoms with E-state index in [4.69, 9.17) is 4.74 Å². The molecule has 0 saturated heterocycles. The van der Waals surface area contributed by atoms with Crippen LogP contribution in [0.1, 0.15) is 35.1 Å². The topological polar surface area (TPSA) is 29.5 Å². The van der Waals surface area contributed by atoms with Crippen molar-refractivity contribution >= 4 is 23.5 Å². The molecule has 0 saturated carbocycles. The molecule has 1 N–H and O–H groups in total. The Labute approximate surface area is 140 Å². The molecule has 1 aliphatic rings. The van der Waals surface area contributed by atoms with Crippen LogP contribution in [0, 0.1) is 0 Å². The van der Waals surface area contributed by atoms with Gasteiger partial charge < -0.3 is 9.84 Å². The molecule has 0 radical (unpaired) electrons. The Balaban J connectivity index is 1.94. The number of fused-ring (bicyclic) bond motifs is 1. The van der Waals surface area contributed by atoms with E-state index in [0.29, 0.717) is 10.3 Å². The zero-order chi connectivity index (χ0) is 15.7. The Morgan fingerprint density at radius 2 is 1.95 bits per heavy atom. The first-order valence-corrected chi connectivity index (χ1v) is 9.19. The normalized spacial score (nSPS) is 20.0. The summed E-state index contributed by atoms with van der Waals surface area (Å²) in [7, 11) is 1.57. The molecule has 0 bridgehead atoms. The van der Waals surface area contributed by atoms with E-state index in [1.54, 1.807) is 7.11 Å². The van der Waals surface area contributed by atoms with Gasteiger partial charge in [-0.2, -0.15) is 0 Å². The molecule has 4 heteroatoms. The van der Waals surface area contributed by atoms with Crippen LogP contribution in [0.15, 0.2) is 42.5 Å². The quantitative estimate of drug-likeness (QED) is 0.806. The summed E-state index contributed by atoms with van der Waals surface area (Å²) in [6.45, 7) is 4.55. The van der Waals surface area contributed by atoms with Gasteiger partial charge in [0.05, 0.1) is 11.7 Å². The third-order valence-electron chi connectivity index (χ3n) is 3.93. The van der Waals surface area contributed by atoms with E-state index < -0.39 is 0 Å². The van der Waals surface area contributed by atoms with E-state index in [2.05, 4.69) is 44.2 Å². The highest BCUT2D eigenvalue weighted by atomic mass is 32.2. The second-order valence-corrected chi connectivity index (χ2v) is 8.98. The zero-order valence-electron chi connectivity index (χ0n) is 13.0. The van der Waals surface area contributed by atoms with Crippen molar-refractivity contribution in [2.45, 2.75) is 28.9 Å². The van der Waals surface area contributed by atoms with Gasteiger partial charge in [-0.05, 0) is 42.7 Å². The minimum atomic E-state index is 0.0420. The molecule has 0 spiro atoms. The Hall–Kier alpha value is -1.26. The van der Waals surface area contributed by atoms with E-state index in [9.17, 15) is 5.11 Å². The molecule has 2 nitrogen and oxygen atoms in total. The largest absolute Gasteiger partial charge is 0.504 e. The molecule has 116 valence electrons.